The number of halogens is 2. The van der Waals surface area contributed by atoms with E-state index < -0.39 is 0 Å². The zero-order chi connectivity index (χ0) is 20.9. The van der Waals surface area contributed by atoms with Crippen molar-refractivity contribution in [3.05, 3.63) is 86.8 Å². The predicted molar refractivity (Wildman–Crippen MR) is 127 cm³/mol. The van der Waals surface area contributed by atoms with Crippen molar-refractivity contribution in [2.24, 2.45) is 4.99 Å². The van der Waals surface area contributed by atoms with E-state index in [1.54, 1.807) is 6.21 Å². The molecule has 6 heteroatoms. The minimum atomic E-state index is 0.172. The Morgan fingerprint density at radius 2 is 1.80 bits per heavy atom. The highest BCUT2D eigenvalue weighted by Gasteiger charge is 2.14. The van der Waals surface area contributed by atoms with Crippen LogP contribution in [-0.4, -0.2) is 37.6 Å². The van der Waals surface area contributed by atoms with Crippen molar-refractivity contribution < 1.29 is 9.84 Å². The molecule has 3 aromatic rings. The summed E-state index contributed by atoms with van der Waals surface area (Å²) in [5.74, 6) is 0.172. The first-order chi connectivity index (χ1) is 14.6. The van der Waals surface area contributed by atoms with Crippen molar-refractivity contribution in [2.75, 3.05) is 31.2 Å². The Balaban J connectivity index is 1.63. The topological polar surface area (TPSA) is 45.1 Å². The first-order valence-electron chi connectivity index (χ1n) is 9.82. The molecule has 0 aromatic heterocycles. The molecule has 1 N–H and O–H groups in total. The molecule has 0 aliphatic carbocycles. The van der Waals surface area contributed by atoms with Gasteiger partial charge in [-0.3, -0.25) is 4.99 Å². The lowest BCUT2D eigenvalue weighted by Gasteiger charge is -2.29. The van der Waals surface area contributed by atoms with Gasteiger partial charge in [0.1, 0.15) is 5.75 Å². The molecule has 1 heterocycles. The van der Waals surface area contributed by atoms with Crippen LogP contribution in [0.1, 0.15) is 16.7 Å². The highest BCUT2D eigenvalue weighted by Crippen LogP contribution is 2.32. The average Bonchev–Trinajstić information content (AvgIpc) is 2.77. The zero-order valence-corrected chi connectivity index (χ0v) is 18.7. The van der Waals surface area contributed by atoms with Crippen molar-refractivity contribution in [3.8, 4) is 5.75 Å². The second kappa shape index (κ2) is 9.65. The summed E-state index contributed by atoms with van der Waals surface area (Å²) >= 11 is 9.78. The third kappa shape index (κ3) is 4.86. The van der Waals surface area contributed by atoms with Crippen molar-refractivity contribution in [1.82, 2.24) is 0 Å². The standard InChI is InChI=1S/C24H22BrClN2O2/c25-20-15-17(13-18-5-1-2-6-21(18)26)14-19(24(20)29)16-27-22-7-3-4-8-23(22)28-9-11-30-12-10-28/h1-8,14-16,29H,9-13H2. The lowest BCUT2D eigenvalue weighted by Crippen LogP contribution is -2.36. The molecule has 1 aliphatic rings. The molecule has 1 saturated heterocycles. The average molecular weight is 486 g/mol. The van der Waals surface area contributed by atoms with E-state index in [-0.39, 0.29) is 5.75 Å². The monoisotopic (exact) mass is 484 g/mol. The molecule has 0 atom stereocenters. The molecule has 0 radical (unpaired) electrons. The van der Waals surface area contributed by atoms with Crippen LogP contribution < -0.4 is 4.90 Å². The Morgan fingerprint density at radius 3 is 2.60 bits per heavy atom. The first-order valence-corrected chi connectivity index (χ1v) is 11.0. The van der Waals surface area contributed by atoms with Crippen LogP contribution in [0.4, 0.5) is 11.4 Å². The molecule has 154 valence electrons. The molecule has 4 rings (SSSR count). The fourth-order valence-corrected chi connectivity index (χ4v) is 4.25. The molecule has 0 amide bonds. The van der Waals surface area contributed by atoms with Crippen molar-refractivity contribution >= 4 is 45.1 Å². The Kier molecular flexibility index (Phi) is 6.72. The van der Waals surface area contributed by atoms with Gasteiger partial charge in [0.2, 0.25) is 0 Å². The summed E-state index contributed by atoms with van der Waals surface area (Å²) in [5.41, 5.74) is 4.67. The van der Waals surface area contributed by atoms with Gasteiger partial charge < -0.3 is 14.7 Å². The maximum atomic E-state index is 10.5. The SMILES string of the molecule is Oc1c(Br)cc(Cc2ccccc2Cl)cc1C=Nc1ccccc1N1CCOCC1. The van der Waals surface area contributed by atoms with Gasteiger partial charge in [0.15, 0.2) is 0 Å². The van der Waals surface area contributed by atoms with Crippen LogP contribution in [0, 0.1) is 0 Å². The summed E-state index contributed by atoms with van der Waals surface area (Å²) in [6, 6.07) is 19.7. The fourth-order valence-electron chi connectivity index (χ4n) is 3.53. The summed E-state index contributed by atoms with van der Waals surface area (Å²) in [7, 11) is 0. The molecule has 0 unspecified atom stereocenters. The molecule has 30 heavy (non-hydrogen) atoms. The number of anilines is 1. The number of aromatic hydroxyl groups is 1. The van der Waals surface area contributed by atoms with E-state index >= 15 is 0 Å². The van der Waals surface area contributed by atoms with Gasteiger partial charge in [-0.25, -0.2) is 0 Å². The number of para-hydroxylation sites is 2. The Morgan fingerprint density at radius 1 is 1.07 bits per heavy atom. The maximum Gasteiger partial charge on any atom is 0.138 e. The van der Waals surface area contributed by atoms with Crippen molar-refractivity contribution in [3.63, 3.8) is 0 Å². The molecule has 0 spiro atoms. The number of morpholine rings is 1. The van der Waals surface area contributed by atoms with E-state index in [2.05, 4.69) is 26.9 Å². The number of hydrogen-bond acceptors (Lipinski definition) is 4. The quantitative estimate of drug-likeness (QED) is 0.452. The molecule has 0 saturated carbocycles. The van der Waals surface area contributed by atoms with E-state index in [1.807, 2.05) is 54.6 Å². The molecule has 1 aliphatic heterocycles. The number of phenols is 1. The van der Waals surface area contributed by atoms with Crippen LogP contribution in [0.15, 0.2) is 70.1 Å². The van der Waals surface area contributed by atoms with Crippen LogP contribution in [0.3, 0.4) is 0 Å². The van der Waals surface area contributed by atoms with Crippen LogP contribution in [0.5, 0.6) is 5.75 Å². The number of ether oxygens (including phenoxy) is 1. The van der Waals surface area contributed by atoms with Gasteiger partial charge in [-0.1, -0.05) is 41.9 Å². The lowest BCUT2D eigenvalue weighted by molar-refractivity contribution is 0.123. The highest BCUT2D eigenvalue weighted by atomic mass is 79.9. The van der Waals surface area contributed by atoms with E-state index in [0.29, 0.717) is 16.5 Å². The molecule has 1 fully saturated rings. The number of phenolic OH excluding ortho intramolecular Hbond substituents is 1. The van der Waals surface area contributed by atoms with E-state index in [0.717, 1.165) is 53.8 Å². The molecule has 4 nitrogen and oxygen atoms in total. The summed E-state index contributed by atoms with van der Waals surface area (Å²) in [4.78, 5) is 6.98. The number of benzene rings is 3. The van der Waals surface area contributed by atoms with Crippen molar-refractivity contribution in [2.45, 2.75) is 6.42 Å². The molecular formula is C24H22BrClN2O2. The highest BCUT2D eigenvalue weighted by molar-refractivity contribution is 9.10. The third-order valence-electron chi connectivity index (χ3n) is 5.08. The van der Waals surface area contributed by atoms with E-state index in [4.69, 9.17) is 21.3 Å². The van der Waals surface area contributed by atoms with E-state index in [1.165, 1.54) is 0 Å². The first kappa shape index (κ1) is 20.9. The summed E-state index contributed by atoms with van der Waals surface area (Å²) < 4.78 is 6.10. The summed E-state index contributed by atoms with van der Waals surface area (Å²) in [5, 5.41) is 11.3. The number of nitrogens with zero attached hydrogens (tertiary/aromatic N) is 2. The summed E-state index contributed by atoms with van der Waals surface area (Å²) in [6.07, 6.45) is 2.39. The van der Waals surface area contributed by atoms with Gasteiger partial charge in [-0.15, -0.1) is 0 Å². The van der Waals surface area contributed by atoms with Gasteiger partial charge in [0.25, 0.3) is 0 Å². The van der Waals surface area contributed by atoms with Gasteiger partial charge in [0.05, 0.1) is 29.1 Å². The smallest absolute Gasteiger partial charge is 0.138 e. The van der Waals surface area contributed by atoms with Gasteiger partial charge in [-0.05, 0) is 63.8 Å². The number of aliphatic imine (C=N–C) groups is 1. The Bertz CT molecular complexity index is 1060. The predicted octanol–water partition coefficient (Wildman–Crippen LogP) is 5.99. The molecule has 0 bridgehead atoms. The molecule has 3 aromatic carbocycles. The maximum absolute atomic E-state index is 10.5. The normalized spacial score (nSPS) is 14.4. The zero-order valence-electron chi connectivity index (χ0n) is 16.4. The van der Waals surface area contributed by atoms with Crippen LogP contribution in [0.25, 0.3) is 0 Å². The Hall–Kier alpha value is -2.34. The van der Waals surface area contributed by atoms with Gasteiger partial charge in [-0.2, -0.15) is 0 Å². The molecular weight excluding hydrogens is 464 g/mol. The van der Waals surface area contributed by atoms with Crippen LogP contribution in [0.2, 0.25) is 5.02 Å². The third-order valence-corrected chi connectivity index (χ3v) is 6.05. The minimum absolute atomic E-state index is 0.172. The van der Waals surface area contributed by atoms with E-state index in [9.17, 15) is 5.11 Å². The second-order valence-corrected chi connectivity index (χ2v) is 8.39. The Labute approximate surface area is 189 Å². The largest absolute Gasteiger partial charge is 0.506 e. The van der Waals surface area contributed by atoms with Crippen molar-refractivity contribution in [1.29, 1.82) is 0 Å². The van der Waals surface area contributed by atoms with Gasteiger partial charge in [0, 0.05) is 29.9 Å². The number of rotatable bonds is 5. The fraction of sp³-hybridized carbons (Fsp3) is 0.208. The minimum Gasteiger partial charge on any atom is -0.506 e. The van der Waals surface area contributed by atoms with Crippen LogP contribution >= 0.6 is 27.5 Å². The van der Waals surface area contributed by atoms with Gasteiger partial charge >= 0.3 is 0 Å². The number of hydrogen-bond donors (Lipinski definition) is 1. The lowest BCUT2D eigenvalue weighted by atomic mass is 10.0. The van der Waals surface area contributed by atoms with Crippen LogP contribution in [-0.2, 0) is 11.2 Å². The summed E-state index contributed by atoms with van der Waals surface area (Å²) in [6.45, 7) is 3.12. The second-order valence-electron chi connectivity index (χ2n) is 7.13.